The second kappa shape index (κ2) is 10.7. The van der Waals surface area contributed by atoms with E-state index in [0.29, 0.717) is 12.3 Å². The lowest BCUT2D eigenvalue weighted by molar-refractivity contribution is -0.121. The Morgan fingerprint density at radius 3 is 2.60 bits per heavy atom. The highest BCUT2D eigenvalue weighted by Crippen LogP contribution is 2.25. The van der Waals surface area contributed by atoms with Crippen molar-refractivity contribution in [1.29, 1.82) is 0 Å². The second-order valence-electron chi connectivity index (χ2n) is 5.61. The van der Waals surface area contributed by atoms with Crippen LogP contribution >= 0.6 is 24.8 Å². The summed E-state index contributed by atoms with van der Waals surface area (Å²) in [6, 6.07) is 0.802. The smallest absolute Gasteiger partial charge is 0.220 e. The zero-order valence-electron chi connectivity index (χ0n) is 12.4. The van der Waals surface area contributed by atoms with Crippen LogP contribution < -0.4 is 10.6 Å². The summed E-state index contributed by atoms with van der Waals surface area (Å²) in [6.07, 6.45) is 5.66. The quantitative estimate of drug-likeness (QED) is 0.715. The Bertz CT molecular complexity index is 269. The van der Waals surface area contributed by atoms with Crippen molar-refractivity contribution in [3.8, 4) is 0 Å². The molecule has 1 unspecified atom stereocenters. The predicted octanol–water partition coefficient (Wildman–Crippen LogP) is 1.82. The summed E-state index contributed by atoms with van der Waals surface area (Å²) in [5.41, 5.74) is 0. The molecule has 6 heteroatoms. The van der Waals surface area contributed by atoms with Crippen molar-refractivity contribution >= 4 is 30.7 Å². The van der Waals surface area contributed by atoms with Crippen LogP contribution in [0.15, 0.2) is 0 Å². The van der Waals surface area contributed by atoms with Gasteiger partial charge in [0.15, 0.2) is 0 Å². The minimum Gasteiger partial charge on any atom is -0.355 e. The van der Waals surface area contributed by atoms with Crippen molar-refractivity contribution in [3.05, 3.63) is 0 Å². The molecule has 1 heterocycles. The third-order valence-corrected chi connectivity index (χ3v) is 4.13. The fourth-order valence-corrected chi connectivity index (χ4v) is 2.76. The predicted molar refractivity (Wildman–Crippen MR) is 88.0 cm³/mol. The molecular formula is C14H29Cl2N3O. The molecule has 1 aliphatic heterocycles. The number of likely N-dealkylation sites (N-methyl/N-ethyl adjacent to an activating group) is 1. The van der Waals surface area contributed by atoms with Crippen LogP contribution in [0.25, 0.3) is 0 Å². The molecule has 0 aromatic carbocycles. The van der Waals surface area contributed by atoms with Crippen molar-refractivity contribution in [2.75, 3.05) is 32.7 Å². The van der Waals surface area contributed by atoms with Gasteiger partial charge in [-0.15, -0.1) is 24.8 Å². The number of halogens is 2. The highest BCUT2D eigenvalue weighted by atomic mass is 35.5. The second-order valence-corrected chi connectivity index (χ2v) is 5.61. The molecule has 2 fully saturated rings. The summed E-state index contributed by atoms with van der Waals surface area (Å²) >= 11 is 0. The van der Waals surface area contributed by atoms with E-state index in [1.807, 2.05) is 0 Å². The van der Waals surface area contributed by atoms with Crippen LogP contribution in [0.1, 0.15) is 39.0 Å². The molecule has 20 heavy (non-hydrogen) atoms. The maximum Gasteiger partial charge on any atom is 0.220 e. The Morgan fingerprint density at radius 1 is 1.30 bits per heavy atom. The summed E-state index contributed by atoms with van der Waals surface area (Å²) in [5, 5.41) is 6.40. The first-order valence-electron chi connectivity index (χ1n) is 7.51. The van der Waals surface area contributed by atoms with E-state index in [1.54, 1.807) is 0 Å². The molecule has 1 saturated carbocycles. The minimum absolute atomic E-state index is 0. The van der Waals surface area contributed by atoms with Gasteiger partial charge >= 0.3 is 0 Å². The number of hydrogen-bond donors (Lipinski definition) is 2. The minimum atomic E-state index is 0. The van der Waals surface area contributed by atoms with E-state index >= 15 is 0 Å². The van der Waals surface area contributed by atoms with Gasteiger partial charge < -0.3 is 10.6 Å². The number of rotatable bonds is 8. The van der Waals surface area contributed by atoms with Gasteiger partial charge in [-0.05, 0) is 51.2 Å². The molecule has 120 valence electrons. The largest absolute Gasteiger partial charge is 0.355 e. The van der Waals surface area contributed by atoms with Crippen LogP contribution in [0, 0.1) is 5.92 Å². The maximum atomic E-state index is 11.7. The van der Waals surface area contributed by atoms with Gasteiger partial charge in [0, 0.05) is 25.6 Å². The van der Waals surface area contributed by atoms with Crippen molar-refractivity contribution < 1.29 is 4.79 Å². The van der Waals surface area contributed by atoms with Gasteiger partial charge in [-0.1, -0.05) is 6.92 Å². The highest BCUT2D eigenvalue weighted by Gasteiger charge is 2.27. The van der Waals surface area contributed by atoms with Crippen LogP contribution in [0.5, 0.6) is 0 Å². The van der Waals surface area contributed by atoms with E-state index in [-0.39, 0.29) is 30.7 Å². The standard InChI is InChI=1S/C14H27N3O.2ClH/c1-2-17(13-4-5-13)10-9-16-14(18)6-3-12-7-8-15-11-12;;/h12-13,15H,2-11H2,1H3,(H,16,18);2*1H. The molecule has 1 aliphatic carbocycles. The van der Waals surface area contributed by atoms with Crippen LogP contribution in [-0.2, 0) is 4.79 Å². The highest BCUT2D eigenvalue weighted by molar-refractivity contribution is 5.85. The summed E-state index contributed by atoms with van der Waals surface area (Å²) in [5.74, 6) is 0.947. The molecule has 0 spiro atoms. The lowest BCUT2D eigenvalue weighted by Crippen LogP contribution is -2.36. The molecule has 4 nitrogen and oxygen atoms in total. The van der Waals surface area contributed by atoms with Gasteiger partial charge in [-0.2, -0.15) is 0 Å². The molecular weight excluding hydrogens is 297 g/mol. The molecule has 0 aromatic heterocycles. The number of amides is 1. The lowest BCUT2D eigenvalue weighted by atomic mass is 10.0. The van der Waals surface area contributed by atoms with Crippen molar-refractivity contribution in [3.63, 3.8) is 0 Å². The first-order valence-corrected chi connectivity index (χ1v) is 7.51. The molecule has 1 saturated heterocycles. The van der Waals surface area contributed by atoms with E-state index in [0.717, 1.165) is 45.2 Å². The topological polar surface area (TPSA) is 44.4 Å². The summed E-state index contributed by atoms with van der Waals surface area (Å²) < 4.78 is 0. The summed E-state index contributed by atoms with van der Waals surface area (Å²) in [4.78, 5) is 14.2. The molecule has 1 atom stereocenters. The third-order valence-electron chi connectivity index (χ3n) is 4.13. The number of carbonyl (C=O) groups excluding carboxylic acids is 1. The Kier molecular flexibility index (Phi) is 10.6. The molecule has 1 amide bonds. The molecule has 2 rings (SSSR count). The van der Waals surface area contributed by atoms with E-state index in [9.17, 15) is 4.79 Å². The number of hydrogen-bond acceptors (Lipinski definition) is 3. The van der Waals surface area contributed by atoms with Crippen LogP contribution in [0.2, 0.25) is 0 Å². The Morgan fingerprint density at radius 2 is 2.05 bits per heavy atom. The normalized spacial score (nSPS) is 21.2. The maximum absolute atomic E-state index is 11.7. The van der Waals surface area contributed by atoms with Gasteiger partial charge in [-0.25, -0.2) is 0 Å². The van der Waals surface area contributed by atoms with E-state index in [4.69, 9.17) is 0 Å². The van der Waals surface area contributed by atoms with E-state index in [1.165, 1.54) is 19.3 Å². The first-order chi connectivity index (χ1) is 8.79. The Balaban J connectivity index is 0.00000180. The molecule has 2 N–H and O–H groups in total. The fraction of sp³-hybridized carbons (Fsp3) is 0.929. The van der Waals surface area contributed by atoms with Crippen LogP contribution in [0.3, 0.4) is 0 Å². The third kappa shape index (κ3) is 7.11. The average Bonchev–Trinajstić information content (AvgIpc) is 3.08. The van der Waals surface area contributed by atoms with Crippen LogP contribution in [-0.4, -0.2) is 49.6 Å². The monoisotopic (exact) mass is 325 g/mol. The lowest BCUT2D eigenvalue weighted by Gasteiger charge is -2.19. The van der Waals surface area contributed by atoms with Gasteiger partial charge in [-0.3, -0.25) is 9.69 Å². The van der Waals surface area contributed by atoms with Gasteiger partial charge in [0.2, 0.25) is 5.91 Å². The fourth-order valence-electron chi connectivity index (χ4n) is 2.76. The van der Waals surface area contributed by atoms with Gasteiger partial charge in [0.05, 0.1) is 0 Å². The van der Waals surface area contributed by atoms with Crippen molar-refractivity contribution in [2.45, 2.75) is 45.1 Å². The van der Waals surface area contributed by atoms with Gasteiger partial charge in [0.1, 0.15) is 0 Å². The molecule has 2 aliphatic rings. The number of nitrogens with one attached hydrogen (secondary N) is 2. The first kappa shape index (κ1) is 20.0. The molecule has 0 radical (unpaired) electrons. The summed E-state index contributed by atoms with van der Waals surface area (Å²) in [6.45, 7) is 7.35. The van der Waals surface area contributed by atoms with Crippen LogP contribution in [0.4, 0.5) is 0 Å². The van der Waals surface area contributed by atoms with Crippen molar-refractivity contribution in [2.24, 2.45) is 5.92 Å². The number of carbonyl (C=O) groups is 1. The average molecular weight is 326 g/mol. The zero-order valence-corrected chi connectivity index (χ0v) is 14.0. The summed E-state index contributed by atoms with van der Waals surface area (Å²) in [7, 11) is 0. The Labute approximate surface area is 135 Å². The zero-order chi connectivity index (χ0) is 12.8. The molecule has 0 bridgehead atoms. The van der Waals surface area contributed by atoms with E-state index in [2.05, 4.69) is 22.5 Å². The van der Waals surface area contributed by atoms with Gasteiger partial charge in [0.25, 0.3) is 0 Å². The molecule has 0 aromatic rings. The van der Waals surface area contributed by atoms with Crippen molar-refractivity contribution in [1.82, 2.24) is 15.5 Å². The number of nitrogens with zero attached hydrogens (tertiary/aromatic N) is 1. The SMILES string of the molecule is CCN(CCNC(=O)CCC1CCNC1)C1CC1.Cl.Cl. The van der Waals surface area contributed by atoms with E-state index < -0.39 is 0 Å². The Hall–Kier alpha value is -0.0300.